The number of nitrogens with two attached hydrogens (primary N) is 1. The third-order valence-corrected chi connectivity index (χ3v) is 6.99. The second-order valence-electron chi connectivity index (χ2n) is 7.40. The van der Waals surface area contributed by atoms with Gasteiger partial charge in [-0.05, 0) is 69.0 Å². The Morgan fingerprint density at radius 3 is 2.67 bits per heavy atom. The van der Waals surface area contributed by atoms with Gasteiger partial charge in [-0.1, -0.05) is 12.1 Å². The smallest absolute Gasteiger partial charge is 0.116 e. The zero-order chi connectivity index (χ0) is 16.7. The number of rotatable bonds is 4. The first-order valence-electron chi connectivity index (χ1n) is 8.98. The highest BCUT2D eigenvalue weighted by atomic mass is 32.1. The molecule has 3 N–H and O–H groups in total. The highest BCUT2D eigenvalue weighted by Crippen LogP contribution is 2.49. The summed E-state index contributed by atoms with van der Waals surface area (Å²) in [4.78, 5) is 5.35. The number of phenolic OH excluding ortho intramolecular Hbond substituents is 1. The van der Waals surface area contributed by atoms with Crippen LogP contribution in [0.15, 0.2) is 36.4 Å². The van der Waals surface area contributed by atoms with E-state index >= 15 is 0 Å². The maximum atomic E-state index is 9.67. The molecule has 0 amide bonds. The molecule has 4 rings (SSSR count). The average Bonchev–Trinajstić information content (AvgIpc) is 3.23. The summed E-state index contributed by atoms with van der Waals surface area (Å²) in [7, 11) is 2.30. The van der Waals surface area contributed by atoms with Crippen molar-refractivity contribution in [3.05, 3.63) is 41.3 Å². The molecule has 0 aliphatic heterocycles. The van der Waals surface area contributed by atoms with Gasteiger partial charge in [0.25, 0.3) is 0 Å². The lowest BCUT2D eigenvalue weighted by Gasteiger charge is -2.33. The first-order valence-corrected chi connectivity index (χ1v) is 9.80. The summed E-state index contributed by atoms with van der Waals surface area (Å²) in [5.74, 6) is 1.02. The van der Waals surface area contributed by atoms with E-state index in [2.05, 4.69) is 30.1 Å². The predicted molar refractivity (Wildman–Crippen MR) is 101 cm³/mol. The minimum Gasteiger partial charge on any atom is -0.508 e. The standard InChI is InChI=1S/C20H26N2OS/c1-22(15-7-5-14(21)6-8-15)18-12-17(18)20-10-9-19(24-20)13-3-2-4-16(23)11-13/h2-4,9-11,14-15,17-18,23H,5-8,12,21H2,1H3/t14?,15?,17-,18-/m0/s1. The van der Waals surface area contributed by atoms with E-state index in [4.69, 9.17) is 5.73 Å². The van der Waals surface area contributed by atoms with Gasteiger partial charge in [0.15, 0.2) is 0 Å². The number of hydrogen-bond donors (Lipinski definition) is 2. The fourth-order valence-electron chi connectivity index (χ4n) is 4.08. The Bertz CT molecular complexity index is 705. The number of likely N-dealkylation sites (N-methyl/N-ethyl adjacent to an activating group) is 1. The number of phenols is 1. The zero-order valence-corrected chi connectivity index (χ0v) is 15.0. The van der Waals surface area contributed by atoms with Crippen molar-refractivity contribution in [2.24, 2.45) is 5.73 Å². The van der Waals surface area contributed by atoms with Crippen LogP contribution in [0.4, 0.5) is 0 Å². The third-order valence-electron chi connectivity index (χ3n) is 5.72. The molecule has 24 heavy (non-hydrogen) atoms. The quantitative estimate of drug-likeness (QED) is 0.876. The van der Waals surface area contributed by atoms with Crippen molar-refractivity contribution in [1.82, 2.24) is 4.90 Å². The van der Waals surface area contributed by atoms with Crippen LogP contribution in [0, 0.1) is 0 Å². The Morgan fingerprint density at radius 2 is 1.92 bits per heavy atom. The van der Waals surface area contributed by atoms with E-state index in [-0.39, 0.29) is 0 Å². The molecule has 0 spiro atoms. The van der Waals surface area contributed by atoms with E-state index in [1.54, 1.807) is 6.07 Å². The molecule has 1 heterocycles. The largest absolute Gasteiger partial charge is 0.508 e. The van der Waals surface area contributed by atoms with Gasteiger partial charge in [-0.25, -0.2) is 0 Å². The average molecular weight is 343 g/mol. The van der Waals surface area contributed by atoms with Crippen LogP contribution in [0.1, 0.15) is 42.9 Å². The van der Waals surface area contributed by atoms with Gasteiger partial charge >= 0.3 is 0 Å². The van der Waals surface area contributed by atoms with Gasteiger partial charge in [-0.2, -0.15) is 0 Å². The Labute approximate surface area is 148 Å². The molecule has 0 unspecified atom stereocenters. The van der Waals surface area contributed by atoms with Crippen molar-refractivity contribution < 1.29 is 5.11 Å². The monoisotopic (exact) mass is 342 g/mol. The summed E-state index contributed by atoms with van der Waals surface area (Å²) in [5.41, 5.74) is 7.15. The maximum Gasteiger partial charge on any atom is 0.116 e. The van der Waals surface area contributed by atoms with Gasteiger partial charge in [0.05, 0.1) is 0 Å². The fraction of sp³-hybridized carbons (Fsp3) is 0.500. The Kier molecular flexibility index (Phi) is 4.37. The summed E-state index contributed by atoms with van der Waals surface area (Å²) in [6.45, 7) is 0. The second kappa shape index (κ2) is 6.51. The van der Waals surface area contributed by atoms with Crippen LogP contribution in [-0.2, 0) is 0 Å². The highest BCUT2D eigenvalue weighted by Gasteiger charge is 2.44. The molecular weight excluding hydrogens is 316 g/mol. The van der Waals surface area contributed by atoms with Gasteiger partial charge in [0.1, 0.15) is 5.75 Å². The molecule has 128 valence electrons. The molecule has 2 aromatic rings. The SMILES string of the molecule is CN(C1CCC(N)CC1)[C@H]1C[C@@H]1c1ccc(-c2cccc(O)c2)s1. The maximum absolute atomic E-state index is 9.67. The number of thiophene rings is 1. The molecule has 2 aliphatic carbocycles. The molecule has 2 fully saturated rings. The molecule has 2 saturated carbocycles. The van der Waals surface area contributed by atoms with Crippen molar-refractivity contribution in [3.8, 4) is 16.2 Å². The predicted octanol–water partition coefficient (Wildman–Crippen LogP) is 4.18. The molecule has 2 atom stereocenters. The van der Waals surface area contributed by atoms with E-state index in [0.717, 1.165) is 5.56 Å². The second-order valence-corrected chi connectivity index (χ2v) is 8.51. The van der Waals surface area contributed by atoms with Crippen LogP contribution in [0.25, 0.3) is 10.4 Å². The van der Waals surface area contributed by atoms with Crippen LogP contribution in [-0.4, -0.2) is 35.2 Å². The molecular formula is C20H26N2OS. The number of hydrogen-bond acceptors (Lipinski definition) is 4. The van der Waals surface area contributed by atoms with Crippen molar-refractivity contribution in [1.29, 1.82) is 0 Å². The number of aromatic hydroxyl groups is 1. The van der Waals surface area contributed by atoms with Gasteiger partial charge in [0.2, 0.25) is 0 Å². The Morgan fingerprint density at radius 1 is 1.12 bits per heavy atom. The van der Waals surface area contributed by atoms with Crippen LogP contribution in [0.2, 0.25) is 0 Å². The van der Waals surface area contributed by atoms with Crippen molar-refractivity contribution in [2.45, 2.75) is 56.1 Å². The molecule has 3 nitrogen and oxygen atoms in total. The van der Waals surface area contributed by atoms with Crippen molar-refractivity contribution in [3.63, 3.8) is 0 Å². The Hall–Kier alpha value is -1.36. The van der Waals surface area contributed by atoms with Gasteiger partial charge in [0, 0.05) is 33.8 Å². The van der Waals surface area contributed by atoms with Crippen molar-refractivity contribution in [2.75, 3.05) is 7.05 Å². The summed E-state index contributed by atoms with van der Waals surface area (Å²) in [5, 5.41) is 9.67. The molecule has 1 aromatic carbocycles. The van der Waals surface area contributed by atoms with E-state index in [0.29, 0.717) is 29.8 Å². The summed E-state index contributed by atoms with van der Waals surface area (Å²) < 4.78 is 0. The van der Waals surface area contributed by atoms with Gasteiger partial charge < -0.3 is 10.8 Å². The number of nitrogens with zero attached hydrogens (tertiary/aromatic N) is 1. The number of benzene rings is 1. The lowest BCUT2D eigenvalue weighted by atomic mass is 9.91. The van der Waals surface area contributed by atoms with Crippen LogP contribution in [0.3, 0.4) is 0 Å². The summed E-state index contributed by atoms with van der Waals surface area (Å²) >= 11 is 1.88. The lowest BCUT2D eigenvalue weighted by Crippen LogP contribution is -2.40. The van der Waals surface area contributed by atoms with E-state index in [1.165, 1.54) is 41.9 Å². The molecule has 0 radical (unpaired) electrons. The molecule has 0 bridgehead atoms. The van der Waals surface area contributed by atoms with E-state index in [1.807, 2.05) is 23.5 Å². The van der Waals surface area contributed by atoms with Gasteiger partial charge in [-0.3, -0.25) is 4.90 Å². The topological polar surface area (TPSA) is 49.5 Å². The lowest BCUT2D eigenvalue weighted by molar-refractivity contribution is 0.173. The van der Waals surface area contributed by atoms with Crippen LogP contribution >= 0.6 is 11.3 Å². The normalized spacial score (nSPS) is 29.8. The minimum atomic E-state index is 0.335. The minimum absolute atomic E-state index is 0.335. The first kappa shape index (κ1) is 16.1. The summed E-state index contributed by atoms with van der Waals surface area (Å²) in [6, 6.07) is 13.8. The molecule has 4 heteroatoms. The Balaban J connectivity index is 1.41. The van der Waals surface area contributed by atoms with Crippen LogP contribution in [0.5, 0.6) is 5.75 Å². The fourth-order valence-corrected chi connectivity index (χ4v) is 5.26. The van der Waals surface area contributed by atoms with Gasteiger partial charge in [-0.15, -0.1) is 11.3 Å². The third kappa shape index (κ3) is 3.23. The summed E-state index contributed by atoms with van der Waals surface area (Å²) in [6.07, 6.45) is 6.12. The molecule has 0 saturated heterocycles. The van der Waals surface area contributed by atoms with Crippen molar-refractivity contribution >= 4 is 11.3 Å². The molecule has 2 aliphatic rings. The van der Waals surface area contributed by atoms with E-state index in [9.17, 15) is 5.11 Å². The first-order chi connectivity index (χ1) is 11.6. The van der Waals surface area contributed by atoms with E-state index < -0.39 is 0 Å². The highest BCUT2D eigenvalue weighted by molar-refractivity contribution is 7.15. The van der Waals surface area contributed by atoms with Crippen LogP contribution < -0.4 is 5.73 Å². The molecule has 1 aromatic heterocycles. The zero-order valence-electron chi connectivity index (χ0n) is 14.2.